The number of pyridine rings is 1. The van der Waals surface area contributed by atoms with Crippen LogP contribution in [-0.2, 0) is 14.8 Å². The molecule has 7 nitrogen and oxygen atoms in total. The summed E-state index contributed by atoms with van der Waals surface area (Å²) in [6, 6.07) is 6.75. The third-order valence-corrected chi connectivity index (χ3v) is 5.86. The van der Waals surface area contributed by atoms with Crippen molar-refractivity contribution in [1.82, 2.24) is 9.29 Å². The first-order chi connectivity index (χ1) is 12.4. The Kier molecular flexibility index (Phi) is 5.30. The first kappa shape index (κ1) is 18.4. The monoisotopic (exact) mass is 379 g/mol. The zero-order valence-electron chi connectivity index (χ0n) is 14.1. The average Bonchev–Trinajstić information content (AvgIpc) is 2.64. The summed E-state index contributed by atoms with van der Waals surface area (Å²) in [7, 11) is -4.01. The van der Waals surface area contributed by atoms with Crippen molar-refractivity contribution in [2.75, 3.05) is 31.6 Å². The van der Waals surface area contributed by atoms with Gasteiger partial charge in [-0.3, -0.25) is 9.78 Å². The predicted octanol–water partition coefficient (Wildman–Crippen LogP) is 1.80. The number of sulfonamides is 1. The van der Waals surface area contributed by atoms with E-state index in [1.807, 2.05) is 0 Å². The number of hydrogen-bond acceptors (Lipinski definition) is 5. The molecule has 0 unspecified atom stereocenters. The number of ether oxygens (including phenoxy) is 1. The summed E-state index contributed by atoms with van der Waals surface area (Å²) in [5.74, 6) is -1.33. The molecule has 138 valence electrons. The van der Waals surface area contributed by atoms with E-state index in [0.29, 0.717) is 5.56 Å². The first-order valence-electron chi connectivity index (χ1n) is 7.99. The van der Waals surface area contributed by atoms with Gasteiger partial charge in [-0.1, -0.05) is 0 Å². The van der Waals surface area contributed by atoms with Crippen LogP contribution in [0.15, 0.2) is 41.4 Å². The molecule has 0 bridgehead atoms. The molecule has 1 fully saturated rings. The lowest BCUT2D eigenvalue weighted by molar-refractivity contribution is 0.0729. The second kappa shape index (κ2) is 7.48. The molecule has 9 heteroatoms. The fourth-order valence-corrected chi connectivity index (χ4v) is 4.01. The predicted molar refractivity (Wildman–Crippen MR) is 92.9 cm³/mol. The maximum Gasteiger partial charge on any atom is 0.257 e. The highest BCUT2D eigenvalue weighted by molar-refractivity contribution is 7.89. The van der Waals surface area contributed by atoms with Gasteiger partial charge in [0.05, 0.1) is 18.8 Å². The molecule has 26 heavy (non-hydrogen) atoms. The molecule has 0 spiro atoms. The fraction of sp³-hybridized carbons (Fsp3) is 0.294. The van der Waals surface area contributed by atoms with Crippen LogP contribution in [0.5, 0.6) is 0 Å². The normalized spacial score (nSPS) is 15.6. The summed E-state index contributed by atoms with van der Waals surface area (Å²) in [5, 5.41) is 2.57. The van der Waals surface area contributed by atoms with Gasteiger partial charge in [-0.25, -0.2) is 12.8 Å². The molecular formula is C17H18FN3O4S. The van der Waals surface area contributed by atoms with E-state index in [2.05, 4.69) is 10.3 Å². The number of rotatable bonds is 4. The van der Waals surface area contributed by atoms with Crippen molar-refractivity contribution in [3.63, 3.8) is 0 Å². The minimum atomic E-state index is -4.01. The Morgan fingerprint density at radius 3 is 2.62 bits per heavy atom. The molecule has 1 aliphatic heterocycles. The highest BCUT2D eigenvalue weighted by Crippen LogP contribution is 2.24. The third-order valence-electron chi connectivity index (χ3n) is 3.95. The van der Waals surface area contributed by atoms with E-state index >= 15 is 0 Å². The number of halogens is 1. The van der Waals surface area contributed by atoms with Gasteiger partial charge in [-0.05, 0) is 37.3 Å². The standard InChI is InChI=1S/C17H18FN3O4S/c1-12-2-3-13(11-19-12)17(22)20-14-4-5-15(18)16(10-14)26(23,24)21-6-8-25-9-7-21/h2-5,10-11H,6-9H2,1H3,(H,20,22). The van der Waals surface area contributed by atoms with Crippen LogP contribution in [-0.4, -0.2) is 49.9 Å². The van der Waals surface area contributed by atoms with E-state index in [1.165, 1.54) is 16.6 Å². The minimum Gasteiger partial charge on any atom is -0.379 e. The number of benzene rings is 1. The van der Waals surface area contributed by atoms with Crippen LogP contribution >= 0.6 is 0 Å². The van der Waals surface area contributed by atoms with Crippen molar-refractivity contribution < 1.29 is 22.3 Å². The van der Waals surface area contributed by atoms with Crippen molar-refractivity contribution in [2.45, 2.75) is 11.8 Å². The zero-order valence-corrected chi connectivity index (χ0v) is 14.9. The van der Waals surface area contributed by atoms with E-state index in [4.69, 9.17) is 4.74 Å². The number of nitrogens with zero attached hydrogens (tertiary/aromatic N) is 2. The smallest absolute Gasteiger partial charge is 0.257 e. The van der Waals surface area contributed by atoms with Crippen LogP contribution in [0.1, 0.15) is 16.1 Å². The largest absolute Gasteiger partial charge is 0.379 e. The van der Waals surface area contributed by atoms with Crippen molar-refractivity contribution >= 4 is 21.6 Å². The van der Waals surface area contributed by atoms with Crippen LogP contribution in [0, 0.1) is 12.7 Å². The number of carbonyl (C=O) groups excluding carboxylic acids is 1. The number of aromatic nitrogens is 1. The van der Waals surface area contributed by atoms with Crippen LogP contribution in [0.2, 0.25) is 0 Å². The van der Waals surface area contributed by atoms with Crippen LogP contribution in [0.25, 0.3) is 0 Å². The van der Waals surface area contributed by atoms with Crippen molar-refractivity contribution in [3.05, 3.63) is 53.6 Å². The molecule has 1 aromatic carbocycles. The number of carbonyl (C=O) groups is 1. The summed E-state index contributed by atoms with van der Waals surface area (Å²) >= 11 is 0. The van der Waals surface area contributed by atoms with Crippen LogP contribution in [0.3, 0.4) is 0 Å². The van der Waals surface area contributed by atoms with Gasteiger partial charge in [0.2, 0.25) is 10.0 Å². The number of amides is 1. The molecular weight excluding hydrogens is 361 g/mol. The Hall–Kier alpha value is -2.36. The van der Waals surface area contributed by atoms with Crippen molar-refractivity contribution in [3.8, 4) is 0 Å². The quantitative estimate of drug-likeness (QED) is 0.875. The molecule has 2 aromatic rings. The number of hydrogen-bond donors (Lipinski definition) is 1. The highest BCUT2D eigenvalue weighted by atomic mass is 32.2. The second-order valence-corrected chi connectivity index (χ2v) is 7.71. The lowest BCUT2D eigenvalue weighted by atomic mass is 10.2. The van der Waals surface area contributed by atoms with Crippen molar-refractivity contribution in [2.24, 2.45) is 0 Å². The summed E-state index contributed by atoms with van der Waals surface area (Å²) in [6.07, 6.45) is 1.42. The number of aryl methyl sites for hydroxylation is 1. The number of morpholine rings is 1. The molecule has 1 aliphatic rings. The molecule has 1 amide bonds. The molecule has 3 rings (SSSR count). The summed E-state index contributed by atoms with van der Waals surface area (Å²) in [6.45, 7) is 2.64. The molecule has 0 saturated carbocycles. The number of nitrogens with one attached hydrogen (secondary N) is 1. The molecule has 0 radical (unpaired) electrons. The topological polar surface area (TPSA) is 88.6 Å². The Bertz CT molecular complexity index is 910. The maximum absolute atomic E-state index is 14.2. The molecule has 1 N–H and O–H groups in total. The Balaban J connectivity index is 1.85. The molecule has 0 aliphatic carbocycles. The lowest BCUT2D eigenvalue weighted by Crippen LogP contribution is -2.40. The summed E-state index contributed by atoms with van der Waals surface area (Å²) < 4.78 is 45.8. The van der Waals surface area contributed by atoms with E-state index in [1.54, 1.807) is 19.1 Å². The van der Waals surface area contributed by atoms with Gasteiger partial charge >= 0.3 is 0 Å². The van der Waals surface area contributed by atoms with E-state index in [0.717, 1.165) is 17.8 Å². The fourth-order valence-electron chi connectivity index (χ4n) is 2.51. The van der Waals surface area contributed by atoms with E-state index in [9.17, 15) is 17.6 Å². The minimum absolute atomic E-state index is 0.160. The van der Waals surface area contributed by atoms with Crippen molar-refractivity contribution in [1.29, 1.82) is 0 Å². The SMILES string of the molecule is Cc1ccc(C(=O)Nc2ccc(F)c(S(=O)(=O)N3CCOCC3)c2)cn1. The van der Waals surface area contributed by atoms with Gasteiger partial charge < -0.3 is 10.1 Å². The lowest BCUT2D eigenvalue weighted by Gasteiger charge is -2.26. The molecule has 1 aromatic heterocycles. The zero-order chi connectivity index (χ0) is 18.7. The van der Waals surface area contributed by atoms with Gasteiger partial charge in [0.15, 0.2) is 0 Å². The van der Waals surface area contributed by atoms with Gasteiger partial charge in [-0.15, -0.1) is 0 Å². The van der Waals surface area contributed by atoms with Gasteiger partial charge in [-0.2, -0.15) is 4.31 Å². The molecule has 0 atom stereocenters. The Labute approximate surface area is 150 Å². The Morgan fingerprint density at radius 2 is 1.96 bits per heavy atom. The molecule has 2 heterocycles. The van der Waals surface area contributed by atoms with E-state index < -0.39 is 26.6 Å². The summed E-state index contributed by atoms with van der Waals surface area (Å²) in [4.78, 5) is 15.8. The first-order valence-corrected chi connectivity index (χ1v) is 9.43. The van der Waals surface area contributed by atoms with E-state index in [-0.39, 0.29) is 32.0 Å². The highest BCUT2D eigenvalue weighted by Gasteiger charge is 2.29. The van der Waals surface area contributed by atoms with Gasteiger partial charge in [0, 0.05) is 30.7 Å². The molecule has 1 saturated heterocycles. The summed E-state index contributed by atoms with van der Waals surface area (Å²) in [5.41, 5.74) is 1.27. The average molecular weight is 379 g/mol. The van der Waals surface area contributed by atoms with Gasteiger partial charge in [0.25, 0.3) is 5.91 Å². The van der Waals surface area contributed by atoms with Crippen LogP contribution in [0.4, 0.5) is 10.1 Å². The second-order valence-electron chi connectivity index (χ2n) is 5.80. The van der Waals surface area contributed by atoms with Crippen LogP contribution < -0.4 is 5.32 Å². The third kappa shape index (κ3) is 3.90. The Morgan fingerprint density at radius 1 is 1.23 bits per heavy atom. The maximum atomic E-state index is 14.2. The van der Waals surface area contributed by atoms with Gasteiger partial charge in [0.1, 0.15) is 10.7 Å². The number of anilines is 1.